The number of nitrogens with zero attached hydrogens (tertiary/aromatic N) is 1. The fraction of sp³-hybridized carbons (Fsp3) is 0.182. The molecule has 2 rings (SSSR count). The Balaban J connectivity index is 2.28. The Morgan fingerprint density at radius 3 is 2.47 bits per heavy atom. The second kappa shape index (κ2) is 4.76. The van der Waals surface area contributed by atoms with Crippen LogP contribution < -0.4 is 0 Å². The highest BCUT2D eigenvalue weighted by Crippen LogP contribution is 2.19. The van der Waals surface area contributed by atoms with Crippen molar-refractivity contribution in [1.29, 1.82) is 0 Å². The number of aromatic nitrogens is 1. The third kappa shape index (κ3) is 3.06. The topological polar surface area (TPSA) is 47.0 Å². The average Bonchev–Trinajstić information content (AvgIpc) is 2.63. The quantitative estimate of drug-likeness (QED) is 0.871. The lowest BCUT2D eigenvalue weighted by atomic mass is 10.4. The molecule has 0 saturated carbocycles. The molecule has 0 aliphatic carbocycles. The molecule has 0 bridgehead atoms. The summed E-state index contributed by atoms with van der Waals surface area (Å²) >= 11 is 7.17. The fourth-order valence-corrected chi connectivity index (χ4v) is 3.49. The van der Waals surface area contributed by atoms with Crippen LogP contribution in [0.1, 0.15) is 10.7 Å². The molecule has 0 N–H and O–H groups in total. The van der Waals surface area contributed by atoms with Crippen LogP contribution in [0.4, 0.5) is 0 Å². The lowest BCUT2D eigenvalue weighted by Gasteiger charge is -2.02. The van der Waals surface area contributed by atoms with Gasteiger partial charge < -0.3 is 0 Å². The largest absolute Gasteiger partial charge is 0.246 e. The van der Waals surface area contributed by atoms with Crippen molar-refractivity contribution in [3.8, 4) is 0 Å². The van der Waals surface area contributed by atoms with Crippen LogP contribution in [0, 0.1) is 6.92 Å². The standard InChI is InChI=1S/C11H10ClNO2S2/c1-8-13-10(6-16-8)7-17(14,15)11-4-2-9(12)3-5-11/h2-6H,7H2,1H3. The normalized spacial score (nSPS) is 11.6. The summed E-state index contributed by atoms with van der Waals surface area (Å²) in [6.07, 6.45) is 0. The van der Waals surface area contributed by atoms with Gasteiger partial charge in [-0.2, -0.15) is 0 Å². The Morgan fingerprint density at radius 1 is 1.29 bits per heavy atom. The van der Waals surface area contributed by atoms with Gasteiger partial charge in [-0.25, -0.2) is 13.4 Å². The molecule has 0 unspecified atom stereocenters. The van der Waals surface area contributed by atoms with Gasteiger partial charge in [-0.3, -0.25) is 0 Å². The molecule has 0 saturated heterocycles. The molecule has 1 heterocycles. The molecule has 17 heavy (non-hydrogen) atoms. The molecule has 2 aromatic rings. The van der Waals surface area contributed by atoms with E-state index in [0.717, 1.165) is 5.01 Å². The lowest BCUT2D eigenvalue weighted by molar-refractivity contribution is 0.595. The van der Waals surface area contributed by atoms with E-state index in [1.54, 1.807) is 17.5 Å². The highest BCUT2D eigenvalue weighted by Gasteiger charge is 2.16. The van der Waals surface area contributed by atoms with Crippen LogP contribution in [0.25, 0.3) is 0 Å². The summed E-state index contributed by atoms with van der Waals surface area (Å²) in [5, 5.41) is 3.16. The molecule has 0 aliphatic heterocycles. The zero-order chi connectivity index (χ0) is 12.5. The van der Waals surface area contributed by atoms with Crippen LogP contribution in [-0.4, -0.2) is 13.4 Å². The third-order valence-electron chi connectivity index (χ3n) is 2.18. The van der Waals surface area contributed by atoms with Crippen molar-refractivity contribution >= 4 is 32.8 Å². The molecule has 1 aromatic heterocycles. The molecule has 0 amide bonds. The van der Waals surface area contributed by atoms with Crippen molar-refractivity contribution in [1.82, 2.24) is 4.98 Å². The van der Waals surface area contributed by atoms with Crippen molar-refractivity contribution in [3.05, 3.63) is 45.4 Å². The zero-order valence-corrected chi connectivity index (χ0v) is 11.4. The summed E-state index contributed by atoms with van der Waals surface area (Å²) in [5.41, 5.74) is 0.586. The number of hydrogen-bond acceptors (Lipinski definition) is 4. The van der Waals surface area contributed by atoms with Gasteiger partial charge in [0.05, 0.1) is 21.3 Å². The number of hydrogen-bond donors (Lipinski definition) is 0. The Kier molecular flexibility index (Phi) is 3.51. The van der Waals surface area contributed by atoms with Crippen molar-refractivity contribution in [2.75, 3.05) is 0 Å². The van der Waals surface area contributed by atoms with Gasteiger partial charge in [-0.15, -0.1) is 11.3 Å². The van der Waals surface area contributed by atoms with E-state index in [1.807, 2.05) is 6.92 Å². The first kappa shape index (κ1) is 12.5. The van der Waals surface area contributed by atoms with E-state index in [0.29, 0.717) is 10.7 Å². The summed E-state index contributed by atoms with van der Waals surface area (Å²) in [6, 6.07) is 6.16. The second-order valence-electron chi connectivity index (χ2n) is 3.57. The fourth-order valence-electron chi connectivity index (χ4n) is 1.39. The molecule has 0 aliphatic rings. The van der Waals surface area contributed by atoms with E-state index in [4.69, 9.17) is 11.6 Å². The van der Waals surface area contributed by atoms with Crippen LogP contribution in [0.3, 0.4) is 0 Å². The van der Waals surface area contributed by atoms with E-state index in [9.17, 15) is 8.42 Å². The van der Waals surface area contributed by atoms with Crippen LogP contribution in [0.2, 0.25) is 5.02 Å². The van der Waals surface area contributed by atoms with Crippen LogP contribution in [0.15, 0.2) is 34.5 Å². The number of rotatable bonds is 3. The highest BCUT2D eigenvalue weighted by atomic mass is 35.5. The van der Waals surface area contributed by atoms with Gasteiger partial charge in [-0.05, 0) is 31.2 Å². The molecule has 90 valence electrons. The Hall–Kier alpha value is -0.910. The lowest BCUT2D eigenvalue weighted by Crippen LogP contribution is -2.05. The van der Waals surface area contributed by atoms with E-state index in [1.165, 1.54) is 23.5 Å². The SMILES string of the molecule is Cc1nc(CS(=O)(=O)c2ccc(Cl)cc2)cs1. The molecule has 1 aromatic carbocycles. The maximum atomic E-state index is 12.0. The van der Waals surface area contributed by atoms with Gasteiger partial charge in [0, 0.05) is 10.4 Å². The van der Waals surface area contributed by atoms with E-state index >= 15 is 0 Å². The molecule has 6 heteroatoms. The summed E-state index contributed by atoms with van der Waals surface area (Å²) in [7, 11) is -3.33. The van der Waals surface area contributed by atoms with Crippen LogP contribution in [-0.2, 0) is 15.6 Å². The van der Waals surface area contributed by atoms with Gasteiger partial charge in [0.15, 0.2) is 9.84 Å². The van der Waals surface area contributed by atoms with Gasteiger partial charge in [0.25, 0.3) is 0 Å². The first-order valence-electron chi connectivity index (χ1n) is 4.87. The maximum Gasteiger partial charge on any atom is 0.184 e. The summed E-state index contributed by atoms with van der Waals surface area (Å²) in [4.78, 5) is 4.42. The summed E-state index contributed by atoms with van der Waals surface area (Å²) in [5.74, 6) is -0.0705. The van der Waals surface area contributed by atoms with Gasteiger partial charge in [0.2, 0.25) is 0 Å². The summed E-state index contributed by atoms with van der Waals surface area (Å²) < 4.78 is 24.1. The molecule has 0 atom stereocenters. The van der Waals surface area contributed by atoms with E-state index in [2.05, 4.69) is 4.98 Å². The Labute approximate surface area is 109 Å². The molecule has 0 spiro atoms. The molecule has 3 nitrogen and oxygen atoms in total. The van der Waals surface area contributed by atoms with Crippen LogP contribution in [0.5, 0.6) is 0 Å². The first-order chi connectivity index (χ1) is 7.97. The number of aryl methyl sites for hydroxylation is 1. The number of sulfone groups is 1. The number of benzene rings is 1. The third-order valence-corrected chi connectivity index (χ3v) is 4.92. The maximum absolute atomic E-state index is 12.0. The average molecular weight is 288 g/mol. The van der Waals surface area contributed by atoms with E-state index < -0.39 is 9.84 Å². The van der Waals surface area contributed by atoms with E-state index in [-0.39, 0.29) is 10.6 Å². The zero-order valence-electron chi connectivity index (χ0n) is 9.05. The van der Waals surface area contributed by atoms with Crippen molar-refractivity contribution in [2.24, 2.45) is 0 Å². The van der Waals surface area contributed by atoms with Gasteiger partial charge >= 0.3 is 0 Å². The van der Waals surface area contributed by atoms with Gasteiger partial charge in [0.1, 0.15) is 0 Å². The second-order valence-corrected chi connectivity index (χ2v) is 7.06. The predicted octanol–water partition coefficient (Wildman–Crippen LogP) is 3.08. The predicted molar refractivity (Wildman–Crippen MR) is 69.2 cm³/mol. The minimum atomic E-state index is -3.33. The number of halogens is 1. The minimum Gasteiger partial charge on any atom is -0.246 e. The highest BCUT2D eigenvalue weighted by molar-refractivity contribution is 7.90. The smallest absolute Gasteiger partial charge is 0.184 e. The number of thiazole rings is 1. The Morgan fingerprint density at radius 2 is 1.94 bits per heavy atom. The monoisotopic (exact) mass is 287 g/mol. The first-order valence-corrected chi connectivity index (χ1v) is 7.78. The van der Waals surface area contributed by atoms with Gasteiger partial charge in [-0.1, -0.05) is 11.6 Å². The molecular weight excluding hydrogens is 278 g/mol. The van der Waals surface area contributed by atoms with Crippen LogP contribution >= 0.6 is 22.9 Å². The van der Waals surface area contributed by atoms with Crippen molar-refractivity contribution in [2.45, 2.75) is 17.6 Å². The Bertz CT molecular complexity index is 617. The van der Waals surface area contributed by atoms with Crippen molar-refractivity contribution in [3.63, 3.8) is 0 Å². The molecule has 0 fully saturated rings. The summed E-state index contributed by atoms with van der Waals surface area (Å²) in [6.45, 7) is 1.85. The minimum absolute atomic E-state index is 0.0705. The van der Waals surface area contributed by atoms with Crippen molar-refractivity contribution < 1.29 is 8.42 Å². The molecule has 0 radical (unpaired) electrons. The molecular formula is C11H10ClNO2S2.